The van der Waals surface area contributed by atoms with Crippen molar-refractivity contribution in [2.24, 2.45) is 0 Å². The molecule has 0 unspecified atom stereocenters. The molecule has 1 fully saturated rings. The Labute approximate surface area is 199 Å². The number of hydrogen-bond acceptors (Lipinski definition) is 6. The van der Waals surface area contributed by atoms with Gasteiger partial charge < -0.3 is 9.47 Å². The summed E-state index contributed by atoms with van der Waals surface area (Å²) in [5.41, 5.74) is 0.832. The number of thiocarbonyl (C=S) groups is 1. The molecule has 0 spiro atoms. The minimum atomic E-state index is -0.618. The molecule has 10 heteroatoms. The van der Waals surface area contributed by atoms with Crippen molar-refractivity contribution < 1.29 is 23.9 Å². The summed E-state index contributed by atoms with van der Waals surface area (Å²) < 4.78 is 10.4. The largest absolute Gasteiger partial charge is 0.482 e. The third kappa shape index (κ3) is 5.64. The summed E-state index contributed by atoms with van der Waals surface area (Å²) >= 11 is 17.2. The molecule has 2 amide bonds. The molecule has 1 aliphatic heterocycles. The zero-order valence-corrected chi connectivity index (χ0v) is 19.4. The maximum absolute atomic E-state index is 13.0. The van der Waals surface area contributed by atoms with E-state index in [1.807, 2.05) is 0 Å². The molecule has 0 radical (unpaired) electrons. The molecule has 0 aromatic heterocycles. The van der Waals surface area contributed by atoms with Gasteiger partial charge in [-0.15, -0.1) is 0 Å². The lowest BCUT2D eigenvalue weighted by Crippen LogP contribution is -2.54. The predicted octanol–water partition coefficient (Wildman–Crippen LogP) is 4.16. The summed E-state index contributed by atoms with van der Waals surface area (Å²) in [5.74, 6) is -1.26. The van der Waals surface area contributed by atoms with Gasteiger partial charge in [0.15, 0.2) is 11.7 Å². The van der Waals surface area contributed by atoms with Gasteiger partial charge in [0.1, 0.15) is 11.3 Å². The van der Waals surface area contributed by atoms with Crippen LogP contribution in [0.5, 0.6) is 5.75 Å². The van der Waals surface area contributed by atoms with Gasteiger partial charge in [0.2, 0.25) is 0 Å². The highest BCUT2D eigenvalue weighted by molar-refractivity contribution is 7.80. The predicted molar refractivity (Wildman–Crippen MR) is 126 cm³/mol. The zero-order chi connectivity index (χ0) is 23.4. The maximum atomic E-state index is 13.0. The van der Waals surface area contributed by atoms with Crippen molar-refractivity contribution in [2.75, 3.05) is 11.5 Å². The first-order chi connectivity index (χ1) is 15.2. The average Bonchev–Trinajstić information content (AvgIpc) is 2.72. The number of ether oxygens (including phenoxy) is 2. The fourth-order valence-electron chi connectivity index (χ4n) is 2.78. The number of benzene rings is 2. The van der Waals surface area contributed by atoms with Crippen LogP contribution in [0.25, 0.3) is 6.08 Å². The molecule has 2 aromatic carbocycles. The Hall–Kier alpha value is -2.94. The topological polar surface area (TPSA) is 84.9 Å². The first kappa shape index (κ1) is 23.7. The van der Waals surface area contributed by atoms with E-state index in [0.29, 0.717) is 22.0 Å². The van der Waals surface area contributed by atoms with Crippen LogP contribution in [0.4, 0.5) is 5.69 Å². The molecule has 3 rings (SSSR count). The Bertz CT molecular complexity index is 1120. The molecule has 1 heterocycles. The Morgan fingerprint density at radius 1 is 1.12 bits per heavy atom. The number of carbonyl (C=O) groups excluding carboxylic acids is 3. The van der Waals surface area contributed by atoms with Crippen molar-refractivity contribution in [1.82, 2.24) is 5.32 Å². The van der Waals surface area contributed by atoms with Gasteiger partial charge in [-0.2, -0.15) is 0 Å². The Morgan fingerprint density at radius 3 is 2.44 bits per heavy atom. The number of rotatable bonds is 6. The number of carbonyl (C=O) groups is 3. The number of esters is 1. The highest BCUT2D eigenvalue weighted by atomic mass is 35.5. The van der Waals surface area contributed by atoms with E-state index >= 15 is 0 Å². The van der Waals surface area contributed by atoms with Gasteiger partial charge in [0, 0.05) is 0 Å². The van der Waals surface area contributed by atoms with Gasteiger partial charge in [-0.05, 0) is 68.0 Å². The van der Waals surface area contributed by atoms with Crippen LogP contribution in [-0.2, 0) is 19.1 Å². The summed E-state index contributed by atoms with van der Waals surface area (Å²) in [6.45, 7) is 3.27. The maximum Gasteiger partial charge on any atom is 0.344 e. The fourth-order valence-corrected chi connectivity index (χ4v) is 3.36. The molecule has 0 aliphatic carbocycles. The minimum Gasteiger partial charge on any atom is -0.482 e. The first-order valence-corrected chi connectivity index (χ1v) is 10.6. The van der Waals surface area contributed by atoms with Crippen LogP contribution in [0.2, 0.25) is 10.0 Å². The molecule has 0 bridgehead atoms. The number of halogens is 2. The van der Waals surface area contributed by atoms with Crippen LogP contribution in [0.1, 0.15) is 19.4 Å². The number of nitrogens with zero attached hydrogens (tertiary/aromatic N) is 1. The van der Waals surface area contributed by atoms with Gasteiger partial charge in [-0.3, -0.25) is 19.8 Å². The number of amides is 2. The van der Waals surface area contributed by atoms with Crippen molar-refractivity contribution in [3.05, 3.63) is 63.6 Å². The third-order valence-corrected chi connectivity index (χ3v) is 5.20. The molecule has 166 valence electrons. The monoisotopic (exact) mass is 492 g/mol. The Kier molecular flexibility index (Phi) is 7.50. The lowest BCUT2D eigenvalue weighted by Gasteiger charge is -2.29. The van der Waals surface area contributed by atoms with E-state index in [4.69, 9.17) is 44.9 Å². The number of hydrogen-bond donors (Lipinski definition) is 1. The van der Waals surface area contributed by atoms with Crippen LogP contribution in [0.15, 0.2) is 48.0 Å². The summed E-state index contributed by atoms with van der Waals surface area (Å²) in [6, 6.07) is 11.1. The molecule has 1 saturated heterocycles. The summed E-state index contributed by atoms with van der Waals surface area (Å²) in [4.78, 5) is 38.2. The van der Waals surface area contributed by atoms with E-state index in [2.05, 4.69) is 5.32 Å². The molecule has 0 atom stereocenters. The second-order valence-corrected chi connectivity index (χ2v) is 8.15. The molecule has 32 heavy (non-hydrogen) atoms. The fraction of sp³-hybridized carbons (Fsp3) is 0.182. The normalized spacial score (nSPS) is 15.2. The van der Waals surface area contributed by atoms with E-state index in [-0.39, 0.29) is 28.4 Å². The van der Waals surface area contributed by atoms with E-state index in [1.54, 1.807) is 44.2 Å². The smallest absolute Gasteiger partial charge is 0.344 e. The van der Waals surface area contributed by atoms with Gasteiger partial charge >= 0.3 is 5.97 Å². The van der Waals surface area contributed by atoms with E-state index in [9.17, 15) is 14.4 Å². The summed E-state index contributed by atoms with van der Waals surface area (Å²) in [5, 5.41) is 3.01. The standard InChI is InChI=1S/C22H18Cl2N2O5S/c1-12(2)31-19(27)11-30-15-6-3-13(4-7-15)9-16-20(28)25-22(32)26(21(16)29)14-5-8-17(23)18(24)10-14/h3-10,12H,11H2,1-2H3,(H,25,28,32)/b16-9+. The molecule has 1 aliphatic rings. The zero-order valence-electron chi connectivity index (χ0n) is 17.1. The quantitative estimate of drug-likeness (QED) is 0.282. The van der Waals surface area contributed by atoms with Crippen LogP contribution in [0.3, 0.4) is 0 Å². The Balaban J connectivity index is 1.78. The van der Waals surface area contributed by atoms with Crippen LogP contribution in [0, 0.1) is 0 Å². The molecule has 0 saturated carbocycles. The first-order valence-electron chi connectivity index (χ1n) is 9.44. The van der Waals surface area contributed by atoms with Crippen molar-refractivity contribution in [2.45, 2.75) is 20.0 Å². The number of anilines is 1. The molecular weight excluding hydrogens is 475 g/mol. The second-order valence-electron chi connectivity index (χ2n) is 6.95. The number of nitrogens with one attached hydrogen (secondary N) is 1. The minimum absolute atomic E-state index is 0.0624. The highest BCUT2D eigenvalue weighted by Gasteiger charge is 2.34. The lowest BCUT2D eigenvalue weighted by molar-refractivity contribution is -0.149. The molecule has 2 aromatic rings. The molecule has 1 N–H and O–H groups in total. The van der Waals surface area contributed by atoms with Crippen LogP contribution >= 0.6 is 35.4 Å². The lowest BCUT2D eigenvalue weighted by atomic mass is 10.1. The van der Waals surface area contributed by atoms with Gasteiger partial charge in [0.05, 0.1) is 21.8 Å². The SMILES string of the molecule is CC(C)OC(=O)COc1ccc(/C=C2\C(=O)NC(=S)N(c3ccc(Cl)c(Cl)c3)C2=O)cc1. The van der Waals surface area contributed by atoms with Gasteiger partial charge in [-0.1, -0.05) is 35.3 Å². The van der Waals surface area contributed by atoms with E-state index in [1.165, 1.54) is 23.1 Å². The van der Waals surface area contributed by atoms with Crippen LogP contribution in [-0.4, -0.2) is 35.6 Å². The van der Waals surface area contributed by atoms with Crippen molar-refractivity contribution in [3.8, 4) is 5.75 Å². The van der Waals surface area contributed by atoms with Crippen molar-refractivity contribution in [3.63, 3.8) is 0 Å². The highest BCUT2D eigenvalue weighted by Crippen LogP contribution is 2.29. The van der Waals surface area contributed by atoms with Gasteiger partial charge in [0.25, 0.3) is 11.8 Å². The van der Waals surface area contributed by atoms with Crippen molar-refractivity contribution in [1.29, 1.82) is 0 Å². The van der Waals surface area contributed by atoms with Gasteiger partial charge in [-0.25, -0.2) is 4.79 Å². The molecule has 7 nitrogen and oxygen atoms in total. The van der Waals surface area contributed by atoms with Crippen molar-refractivity contribution >= 4 is 70.1 Å². The second kappa shape index (κ2) is 10.1. The molecular formula is C22H18Cl2N2O5S. The van der Waals surface area contributed by atoms with E-state index in [0.717, 1.165) is 0 Å². The third-order valence-electron chi connectivity index (χ3n) is 4.18. The summed E-state index contributed by atoms with van der Waals surface area (Å²) in [6.07, 6.45) is 1.21. The Morgan fingerprint density at radius 2 is 1.81 bits per heavy atom. The average molecular weight is 493 g/mol. The van der Waals surface area contributed by atoms with E-state index < -0.39 is 17.8 Å². The summed E-state index contributed by atoms with van der Waals surface area (Å²) in [7, 11) is 0. The van der Waals surface area contributed by atoms with Crippen LogP contribution < -0.4 is 15.0 Å².